The minimum atomic E-state index is 0.497. The molecule has 0 aliphatic heterocycles. The van der Waals surface area contributed by atoms with Crippen LogP contribution < -0.4 is 0 Å². The Labute approximate surface area is 135 Å². The molecule has 2 nitrogen and oxygen atoms in total. The van der Waals surface area contributed by atoms with Gasteiger partial charge in [0.2, 0.25) is 0 Å². The van der Waals surface area contributed by atoms with Gasteiger partial charge >= 0.3 is 0 Å². The van der Waals surface area contributed by atoms with Gasteiger partial charge in [0.1, 0.15) is 11.2 Å². The predicted molar refractivity (Wildman–Crippen MR) is 95.7 cm³/mol. The Bertz CT molecular complexity index is 969. The monoisotopic (exact) mass is 301 g/mol. The summed E-state index contributed by atoms with van der Waals surface area (Å²) in [5, 5.41) is 2.42. The molecule has 0 saturated heterocycles. The highest BCUT2D eigenvalue weighted by Gasteiger charge is 2.18. The van der Waals surface area contributed by atoms with Crippen LogP contribution in [0.2, 0.25) is 0 Å². The van der Waals surface area contributed by atoms with Crippen molar-refractivity contribution in [3.05, 3.63) is 66.4 Å². The van der Waals surface area contributed by atoms with Crippen LogP contribution in [0.5, 0.6) is 0 Å². The van der Waals surface area contributed by atoms with Crippen LogP contribution >= 0.6 is 0 Å². The zero-order valence-electron chi connectivity index (χ0n) is 13.4. The van der Waals surface area contributed by atoms with Gasteiger partial charge in [0.05, 0.1) is 5.69 Å². The Morgan fingerprint density at radius 2 is 1.83 bits per heavy atom. The Morgan fingerprint density at radius 1 is 1.00 bits per heavy atom. The van der Waals surface area contributed by atoms with Crippen molar-refractivity contribution in [1.82, 2.24) is 4.98 Å². The van der Waals surface area contributed by atoms with Gasteiger partial charge in [0, 0.05) is 22.5 Å². The largest absolute Gasteiger partial charge is 0.455 e. The first-order valence-electron chi connectivity index (χ1n) is 8.15. The van der Waals surface area contributed by atoms with Gasteiger partial charge < -0.3 is 4.42 Å². The van der Waals surface area contributed by atoms with E-state index in [4.69, 9.17) is 4.42 Å². The molecule has 0 fully saturated rings. The quantitative estimate of drug-likeness (QED) is 0.453. The van der Waals surface area contributed by atoms with Crippen molar-refractivity contribution in [2.75, 3.05) is 0 Å². The Hall–Kier alpha value is -2.61. The summed E-state index contributed by atoms with van der Waals surface area (Å²) in [4.78, 5) is 4.50. The number of benzene rings is 2. The molecular formula is C21H19NO. The molecule has 2 heteroatoms. The lowest BCUT2D eigenvalue weighted by atomic mass is 9.92. The lowest BCUT2D eigenvalue weighted by Crippen LogP contribution is -1.93. The summed E-state index contributed by atoms with van der Waals surface area (Å²) in [7, 11) is 0. The lowest BCUT2D eigenvalue weighted by Gasteiger charge is -2.12. The molecule has 0 bridgehead atoms. The zero-order chi connectivity index (χ0) is 15.8. The lowest BCUT2D eigenvalue weighted by molar-refractivity contribution is 0.668. The van der Waals surface area contributed by atoms with Gasteiger partial charge in [-0.15, -0.1) is 0 Å². The summed E-state index contributed by atoms with van der Waals surface area (Å²) in [5.74, 6) is 0.497. The van der Waals surface area contributed by atoms with E-state index >= 15 is 0 Å². The van der Waals surface area contributed by atoms with Crippen molar-refractivity contribution in [2.24, 2.45) is 0 Å². The smallest absolute Gasteiger partial charge is 0.145 e. The van der Waals surface area contributed by atoms with E-state index in [-0.39, 0.29) is 0 Å². The third-order valence-corrected chi connectivity index (χ3v) is 4.64. The topological polar surface area (TPSA) is 26.0 Å². The molecule has 0 aliphatic rings. The molecule has 23 heavy (non-hydrogen) atoms. The van der Waals surface area contributed by atoms with Crippen molar-refractivity contribution in [3.8, 4) is 11.3 Å². The van der Waals surface area contributed by atoms with Gasteiger partial charge in [-0.1, -0.05) is 44.2 Å². The minimum absolute atomic E-state index is 0.497. The van der Waals surface area contributed by atoms with E-state index in [1.54, 1.807) is 0 Å². The van der Waals surface area contributed by atoms with Crippen LogP contribution in [-0.2, 0) is 0 Å². The molecule has 4 rings (SSSR count). The summed E-state index contributed by atoms with van der Waals surface area (Å²) in [6.45, 7) is 4.50. The first-order valence-corrected chi connectivity index (χ1v) is 8.15. The summed E-state index contributed by atoms with van der Waals surface area (Å²) < 4.78 is 6.23. The molecule has 0 spiro atoms. The van der Waals surface area contributed by atoms with Crippen molar-refractivity contribution < 1.29 is 4.42 Å². The van der Waals surface area contributed by atoms with Crippen molar-refractivity contribution >= 4 is 21.9 Å². The van der Waals surface area contributed by atoms with Crippen LogP contribution in [0.3, 0.4) is 0 Å². The SMILES string of the molecule is CCC(C)c1ccc(-c2ccccn2)c2oc3ccccc3c12. The number of rotatable bonds is 3. The van der Waals surface area contributed by atoms with E-state index in [9.17, 15) is 0 Å². The number of hydrogen-bond acceptors (Lipinski definition) is 2. The molecule has 114 valence electrons. The number of para-hydroxylation sites is 1. The standard InChI is InChI=1S/C21H19NO/c1-3-14(2)15-11-12-16(18-9-6-7-13-22-18)21-20(15)17-8-4-5-10-19(17)23-21/h4-14H,3H2,1-2H3. The maximum Gasteiger partial charge on any atom is 0.145 e. The second-order valence-electron chi connectivity index (χ2n) is 6.03. The molecular weight excluding hydrogens is 282 g/mol. The Balaban J connectivity index is 2.12. The molecule has 0 saturated carbocycles. The van der Waals surface area contributed by atoms with Gasteiger partial charge in [0.15, 0.2) is 0 Å². The van der Waals surface area contributed by atoms with E-state index in [0.717, 1.165) is 28.8 Å². The van der Waals surface area contributed by atoms with Crippen molar-refractivity contribution in [1.29, 1.82) is 0 Å². The fourth-order valence-electron chi connectivity index (χ4n) is 3.21. The average molecular weight is 301 g/mol. The van der Waals surface area contributed by atoms with Crippen LogP contribution in [0.4, 0.5) is 0 Å². The maximum atomic E-state index is 6.23. The number of nitrogens with zero attached hydrogens (tertiary/aromatic N) is 1. The van der Waals surface area contributed by atoms with E-state index in [2.05, 4.69) is 43.1 Å². The third-order valence-electron chi connectivity index (χ3n) is 4.64. The molecule has 0 N–H and O–H groups in total. The summed E-state index contributed by atoms with van der Waals surface area (Å²) >= 11 is 0. The normalized spacial score (nSPS) is 12.8. The highest BCUT2D eigenvalue weighted by molar-refractivity contribution is 6.11. The maximum absolute atomic E-state index is 6.23. The number of hydrogen-bond donors (Lipinski definition) is 0. The van der Waals surface area contributed by atoms with E-state index in [1.165, 1.54) is 16.3 Å². The van der Waals surface area contributed by atoms with Crippen LogP contribution in [0, 0.1) is 0 Å². The molecule has 0 amide bonds. The van der Waals surface area contributed by atoms with Crippen LogP contribution in [0.25, 0.3) is 33.2 Å². The molecule has 4 aromatic rings. The molecule has 2 heterocycles. The number of pyridine rings is 1. The van der Waals surface area contributed by atoms with Gasteiger partial charge in [-0.05, 0) is 42.2 Å². The number of furan rings is 1. The molecule has 0 radical (unpaired) electrons. The zero-order valence-corrected chi connectivity index (χ0v) is 13.4. The van der Waals surface area contributed by atoms with Gasteiger partial charge in [-0.25, -0.2) is 0 Å². The van der Waals surface area contributed by atoms with E-state index < -0.39 is 0 Å². The van der Waals surface area contributed by atoms with Crippen molar-refractivity contribution in [3.63, 3.8) is 0 Å². The van der Waals surface area contributed by atoms with Crippen molar-refractivity contribution in [2.45, 2.75) is 26.2 Å². The second kappa shape index (κ2) is 5.54. The predicted octanol–water partition coefficient (Wildman–Crippen LogP) is 6.16. The Morgan fingerprint density at radius 3 is 2.61 bits per heavy atom. The molecule has 1 unspecified atom stereocenters. The molecule has 2 aromatic heterocycles. The average Bonchev–Trinajstić information content (AvgIpc) is 3.00. The van der Waals surface area contributed by atoms with E-state index in [0.29, 0.717) is 5.92 Å². The highest BCUT2D eigenvalue weighted by atomic mass is 16.3. The highest BCUT2D eigenvalue weighted by Crippen LogP contribution is 2.40. The first-order chi connectivity index (χ1) is 11.3. The van der Waals surface area contributed by atoms with Crippen LogP contribution in [0.15, 0.2) is 65.2 Å². The van der Waals surface area contributed by atoms with Gasteiger partial charge in [0.25, 0.3) is 0 Å². The third kappa shape index (κ3) is 2.22. The Kier molecular flexibility index (Phi) is 3.38. The number of fused-ring (bicyclic) bond motifs is 3. The molecule has 2 aromatic carbocycles. The van der Waals surface area contributed by atoms with Crippen LogP contribution in [0.1, 0.15) is 31.7 Å². The van der Waals surface area contributed by atoms with E-state index in [1.807, 2.05) is 36.5 Å². The minimum Gasteiger partial charge on any atom is -0.455 e. The fourth-order valence-corrected chi connectivity index (χ4v) is 3.21. The van der Waals surface area contributed by atoms with Crippen LogP contribution in [-0.4, -0.2) is 4.98 Å². The summed E-state index contributed by atoms with van der Waals surface area (Å²) in [6, 6.07) is 18.7. The second-order valence-corrected chi connectivity index (χ2v) is 6.03. The summed E-state index contributed by atoms with van der Waals surface area (Å²) in [6.07, 6.45) is 2.93. The molecule has 0 aliphatic carbocycles. The fraction of sp³-hybridized carbons (Fsp3) is 0.190. The van der Waals surface area contributed by atoms with Gasteiger partial charge in [-0.3, -0.25) is 4.98 Å². The van der Waals surface area contributed by atoms with Gasteiger partial charge in [-0.2, -0.15) is 0 Å². The molecule has 1 atom stereocenters. The summed E-state index contributed by atoms with van der Waals surface area (Å²) in [5.41, 5.74) is 5.25. The number of aromatic nitrogens is 1. The first kappa shape index (κ1) is 14.0.